The molecule has 2 rings (SSSR count). The molecule has 17 heavy (non-hydrogen) atoms. The van der Waals surface area contributed by atoms with Gasteiger partial charge in [-0.15, -0.1) is 0 Å². The molecule has 0 bridgehead atoms. The molecule has 0 saturated heterocycles. The van der Waals surface area contributed by atoms with Crippen molar-refractivity contribution >= 4 is 23.2 Å². The third-order valence-corrected chi connectivity index (χ3v) is 2.78. The first-order valence-corrected chi connectivity index (χ1v) is 6.02. The maximum absolute atomic E-state index is 5.92. The van der Waals surface area contributed by atoms with Crippen molar-refractivity contribution in [2.75, 3.05) is 0 Å². The van der Waals surface area contributed by atoms with Crippen molar-refractivity contribution in [1.82, 2.24) is 15.1 Å². The van der Waals surface area contributed by atoms with E-state index in [1.807, 2.05) is 31.6 Å². The Hall–Kier alpha value is -1.03. The molecule has 3 nitrogen and oxygen atoms in total. The van der Waals surface area contributed by atoms with Gasteiger partial charge in [0.15, 0.2) is 0 Å². The Morgan fingerprint density at radius 1 is 1.12 bits per heavy atom. The number of benzene rings is 1. The van der Waals surface area contributed by atoms with E-state index in [-0.39, 0.29) is 0 Å². The molecular weight excluding hydrogens is 257 g/mol. The summed E-state index contributed by atoms with van der Waals surface area (Å²) in [5, 5.41) is 8.75. The number of nitrogens with one attached hydrogen (secondary N) is 1. The highest BCUT2D eigenvalue weighted by Crippen LogP contribution is 2.18. The Morgan fingerprint density at radius 2 is 1.76 bits per heavy atom. The van der Waals surface area contributed by atoms with E-state index >= 15 is 0 Å². The van der Waals surface area contributed by atoms with E-state index < -0.39 is 0 Å². The molecule has 0 atom stereocenters. The lowest BCUT2D eigenvalue weighted by Gasteiger charge is -2.04. The first-order valence-electron chi connectivity index (χ1n) is 5.27. The SMILES string of the molecule is Cn1cc(CNCc2cc(Cl)cc(Cl)c2)cn1. The van der Waals surface area contributed by atoms with Crippen LogP contribution in [0, 0.1) is 0 Å². The van der Waals surface area contributed by atoms with E-state index in [4.69, 9.17) is 23.2 Å². The molecule has 0 unspecified atom stereocenters. The molecular formula is C12H13Cl2N3. The van der Waals surface area contributed by atoms with Gasteiger partial charge >= 0.3 is 0 Å². The Kier molecular flexibility index (Phi) is 4.05. The number of aryl methyl sites for hydroxylation is 1. The van der Waals surface area contributed by atoms with Crippen LogP contribution in [0.1, 0.15) is 11.1 Å². The summed E-state index contributed by atoms with van der Waals surface area (Å²) in [6.07, 6.45) is 3.83. The molecule has 0 radical (unpaired) electrons. The van der Waals surface area contributed by atoms with Crippen molar-refractivity contribution in [2.24, 2.45) is 7.05 Å². The third kappa shape index (κ3) is 3.73. The smallest absolute Gasteiger partial charge is 0.0534 e. The zero-order valence-electron chi connectivity index (χ0n) is 9.45. The van der Waals surface area contributed by atoms with Gasteiger partial charge in [0, 0.05) is 41.9 Å². The average Bonchev–Trinajstić information content (AvgIpc) is 2.63. The average molecular weight is 270 g/mol. The van der Waals surface area contributed by atoms with Crippen LogP contribution in [0.25, 0.3) is 0 Å². The van der Waals surface area contributed by atoms with Crippen LogP contribution in [0.3, 0.4) is 0 Å². The number of nitrogens with zero attached hydrogens (tertiary/aromatic N) is 2. The second-order valence-electron chi connectivity index (χ2n) is 3.90. The van der Waals surface area contributed by atoms with Crippen molar-refractivity contribution in [3.63, 3.8) is 0 Å². The summed E-state index contributed by atoms with van der Waals surface area (Å²) >= 11 is 11.8. The normalized spacial score (nSPS) is 10.8. The number of aromatic nitrogens is 2. The lowest BCUT2D eigenvalue weighted by Crippen LogP contribution is -2.12. The summed E-state index contributed by atoms with van der Waals surface area (Å²) in [5.74, 6) is 0. The molecule has 1 aromatic carbocycles. The molecule has 0 aliphatic heterocycles. The highest BCUT2D eigenvalue weighted by Gasteiger charge is 1.99. The number of rotatable bonds is 4. The van der Waals surface area contributed by atoms with E-state index in [1.165, 1.54) is 0 Å². The van der Waals surface area contributed by atoms with Crippen molar-refractivity contribution < 1.29 is 0 Å². The fourth-order valence-corrected chi connectivity index (χ4v) is 2.20. The van der Waals surface area contributed by atoms with Gasteiger partial charge in [0.25, 0.3) is 0 Å². The maximum atomic E-state index is 5.92. The predicted octanol–water partition coefficient (Wildman–Crippen LogP) is 3.02. The summed E-state index contributed by atoms with van der Waals surface area (Å²) in [7, 11) is 1.90. The van der Waals surface area contributed by atoms with Gasteiger partial charge in [-0.3, -0.25) is 4.68 Å². The van der Waals surface area contributed by atoms with Crippen LogP contribution in [0.15, 0.2) is 30.6 Å². The first kappa shape index (κ1) is 12.4. The van der Waals surface area contributed by atoms with Crippen LogP contribution in [0.2, 0.25) is 10.0 Å². The molecule has 0 fully saturated rings. The molecule has 5 heteroatoms. The Labute approximate surface area is 110 Å². The molecule has 0 aliphatic rings. The third-order valence-electron chi connectivity index (χ3n) is 2.34. The molecule has 0 saturated carbocycles. The number of halogens is 2. The van der Waals surface area contributed by atoms with Crippen LogP contribution < -0.4 is 5.32 Å². The van der Waals surface area contributed by atoms with Gasteiger partial charge in [-0.2, -0.15) is 5.10 Å². The summed E-state index contributed by atoms with van der Waals surface area (Å²) in [6.45, 7) is 1.51. The summed E-state index contributed by atoms with van der Waals surface area (Å²) < 4.78 is 1.78. The second-order valence-corrected chi connectivity index (χ2v) is 4.78. The Bertz CT molecular complexity index is 488. The van der Waals surface area contributed by atoms with Gasteiger partial charge in [0.05, 0.1) is 6.20 Å². The number of hydrogen-bond acceptors (Lipinski definition) is 2. The summed E-state index contributed by atoms with van der Waals surface area (Å²) in [4.78, 5) is 0. The van der Waals surface area contributed by atoms with Crippen molar-refractivity contribution in [1.29, 1.82) is 0 Å². The zero-order chi connectivity index (χ0) is 12.3. The van der Waals surface area contributed by atoms with Crippen molar-refractivity contribution in [3.8, 4) is 0 Å². The van der Waals surface area contributed by atoms with Crippen molar-refractivity contribution in [3.05, 3.63) is 51.8 Å². The first-order chi connectivity index (χ1) is 8.13. The standard InChI is InChI=1S/C12H13Cl2N3/c1-17-8-10(7-16-17)6-15-5-9-2-11(13)4-12(14)3-9/h2-4,7-8,15H,5-6H2,1H3. The molecule has 90 valence electrons. The molecule has 0 spiro atoms. The Morgan fingerprint density at radius 3 is 2.35 bits per heavy atom. The van der Waals surface area contributed by atoms with Gasteiger partial charge in [-0.05, 0) is 23.8 Å². The predicted molar refractivity (Wildman–Crippen MR) is 70.2 cm³/mol. The van der Waals surface area contributed by atoms with E-state index in [0.717, 1.165) is 24.2 Å². The van der Waals surface area contributed by atoms with Gasteiger partial charge in [-0.25, -0.2) is 0 Å². The number of hydrogen-bond donors (Lipinski definition) is 1. The molecule has 1 N–H and O–H groups in total. The van der Waals surface area contributed by atoms with Crippen molar-refractivity contribution in [2.45, 2.75) is 13.1 Å². The van der Waals surface area contributed by atoms with Crippen LogP contribution in [-0.4, -0.2) is 9.78 Å². The lowest BCUT2D eigenvalue weighted by atomic mass is 10.2. The zero-order valence-corrected chi connectivity index (χ0v) is 11.0. The fourth-order valence-electron chi connectivity index (χ4n) is 1.63. The molecule has 1 aromatic heterocycles. The van der Waals surface area contributed by atoms with Crippen LogP contribution in [-0.2, 0) is 20.1 Å². The van der Waals surface area contributed by atoms with E-state index in [0.29, 0.717) is 10.0 Å². The molecule has 1 heterocycles. The summed E-state index contributed by atoms with van der Waals surface area (Å²) in [5.41, 5.74) is 2.23. The van der Waals surface area contributed by atoms with E-state index in [9.17, 15) is 0 Å². The Balaban J connectivity index is 1.89. The van der Waals surface area contributed by atoms with Crippen LogP contribution in [0.5, 0.6) is 0 Å². The lowest BCUT2D eigenvalue weighted by molar-refractivity contribution is 0.692. The second kappa shape index (κ2) is 5.54. The van der Waals surface area contributed by atoms with E-state index in [2.05, 4.69) is 10.4 Å². The molecule has 2 aromatic rings. The molecule has 0 aliphatic carbocycles. The van der Waals surface area contributed by atoms with Gasteiger partial charge in [-0.1, -0.05) is 23.2 Å². The minimum atomic E-state index is 0.663. The monoisotopic (exact) mass is 269 g/mol. The minimum Gasteiger partial charge on any atom is -0.309 e. The fraction of sp³-hybridized carbons (Fsp3) is 0.250. The van der Waals surface area contributed by atoms with Crippen LogP contribution in [0.4, 0.5) is 0 Å². The molecule has 0 amide bonds. The van der Waals surface area contributed by atoms with Gasteiger partial charge in [0.2, 0.25) is 0 Å². The van der Waals surface area contributed by atoms with Gasteiger partial charge < -0.3 is 5.32 Å². The van der Waals surface area contributed by atoms with E-state index in [1.54, 1.807) is 10.7 Å². The summed E-state index contributed by atoms with van der Waals surface area (Å²) in [6, 6.07) is 5.54. The largest absolute Gasteiger partial charge is 0.309 e. The minimum absolute atomic E-state index is 0.663. The van der Waals surface area contributed by atoms with Gasteiger partial charge in [0.1, 0.15) is 0 Å². The highest BCUT2D eigenvalue weighted by molar-refractivity contribution is 6.34. The topological polar surface area (TPSA) is 29.9 Å². The van der Waals surface area contributed by atoms with Crippen LogP contribution >= 0.6 is 23.2 Å². The highest BCUT2D eigenvalue weighted by atomic mass is 35.5. The quantitative estimate of drug-likeness (QED) is 0.925. The maximum Gasteiger partial charge on any atom is 0.0534 e.